The summed E-state index contributed by atoms with van der Waals surface area (Å²) in [6.45, 7) is 0. The number of aromatic nitrogens is 2. The Bertz CT molecular complexity index is 781. The molecule has 0 aliphatic heterocycles. The smallest absolute Gasteiger partial charge is 0.277 e. The van der Waals surface area contributed by atoms with E-state index in [1.54, 1.807) is 20.3 Å². The maximum atomic E-state index is 5.92. The van der Waals surface area contributed by atoms with Crippen molar-refractivity contribution in [2.75, 3.05) is 14.2 Å². The molecule has 0 radical (unpaired) electrons. The van der Waals surface area contributed by atoms with Gasteiger partial charge in [-0.3, -0.25) is 0 Å². The maximum absolute atomic E-state index is 5.92. The topological polar surface area (TPSA) is 57.4 Å². The Kier molecular flexibility index (Phi) is 5.09. The number of hydrogen-bond donors (Lipinski definition) is 0. The van der Waals surface area contributed by atoms with Crippen LogP contribution in [0, 0.1) is 0 Å². The molecule has 23 heavy (non-hydrogen) atoms. The predicted molar refractivity (Wildman–Crippen MR) is 91.7 cm³/mol. The van der Waals surface area contributed by atoms with E-state index < -0.39 is 0 Å². The van der Waals surface area contributed by atoms with Gasteiger partial charge < -0.3 is 13.9 Å². The van der Waals surface area contributed by atoms with Gasteiger partial charge in [0.25, 0.3) is 11.1 Å². The van der Waals surface area contributed by atoms with Crippen molar-refractivity contribution >= 4 is 34.7 Å². The van der Waals surface area contributed by atoms with E-state index in [2.05, 4.69) is 10.2 Å². The number of halogens is 1. The van der Waals surface area contributed by atoms with E-state index in [-0.39, 0.29) is 0 Å². The summed E-state index contributed by atoms with van der Waals surface area (Å²) < 4.78 is 16.9. The van der Waals surface area contributed by atoms with Crippen molar-refractivity contribution in [3.05, 3.63) is 40.2 Å². The standard InChI is InChI=1S/C15H13ClN2O3S2/c1-19-10-5-9(6-11(7-10)20-2)8-22-15-18-17-14(21-15)12-3-4-13(16)23-12/h3-7H,8H2,1-2H3. The Hall–Kier alpha value is -1.70. The summed E-state index contributed by atoms with van der Waals surface area (Å²) in [4.78, 5) is 0.859. The molecule has 0 atom stereocenters. The van der Waals surface area contributed by atoms with Gasteiger partial charge in [-0.15, -0.1) is 21.5 Å². The van der Waals surface area contributed by atoms with Crippen LogP contribution in [0.2, 0.25) is 4.34 Å². The number of hydrogen-bond acceptors (Lipinski definition) is 7. The minimum absolute atomic E-state index is 0.479. The summed E-state index contributed by atoms with van der Waals surface area (Å²) in [6, 6.07) is 9.40. The number of thiophene rings is 1. The largest absolute Gasteiger partial charge is 0.497 e. The van der Waals surface area contributed by atoms with E-state index in [0.29, 0.717) is 21.2 Å². The first kappa shape index (κ1) is 16.2. The molecule has 0 amide bonds. The molecule has 0 spiro atoms. The van der Waals surface area contributed by atoms with Crippen molar-refractivity contribution in [2.45, 2.75) is 11.0 Å². The lowest BCUT2D eigenvalue weighted by molar-refractivity contribution is 0.393. The zero-order valence-electron chi connectivity index (χ0n) is 12.4. The van der Waals surface area contributed by atoms with Crippen molar-refractivity contribution in [3.63, 3.8) is 0 Å². The van der Waals surface area contributed by atoms with E-state index in [1.807, 2.05) is 24.3 Å². The van der Waals surface area contributed by atoms with Crippen LogP contribution in [0.15, 0.2) is 40.0 Å². The van der Waals surface area contributed by atoms with Crippen LogP contribution in [0.4, 0.5) is 0 Å². The quantitative estimate of drug-likeness (QED) is 0.584. The third-order valence-electron chi connectivity index (χ3n) is 2.96. The lowest BCUT2D eigenvalue weighted by Gasteiger charge is -2.07. The van der Waals surface area contributed by atoms with Crippen LogP contribution in [0.5, 0.6) is 11.5 Å². The summed E-state index contributed by atoms with van der Waals surface area (Å²) >= 11 is 8.77. The molecule has 2 aromatic heterocycles. The molecule has 0 unspecified atom stereocenters. The zero-order chi connectivity index (χ0) is 16.2. The molecule has 5 nitrogen and oxygen atoms in total. The maximum Gasteiger partial charge on any atom is 0.277 e. The van der Waals surface area contributed by atoms with Crippen LogP contribution < -0.4 is 9.47 Å². The molecule has 0 N–H and O–H groups in total. The van der Waals surface area contributed by atoms with Crippen molar-refractivity contribution < 1.29 is 13.9 Å². The molecule has 0 saturated heterocycles. The van der Waals surface area contributed by atoms with Gasteiger partial charge in [-0.05, 0) is 29.8 Å². The molecule has 0 fully saturated rings. The van der Waals surface area contributed by atoms with E-state index in [1.165, 1.54) is 23.1 Å². The van der Waals surface area contributed by atoms with E-state index in [9.17, 15) is 0 Å². The number of rotatable bonds is 6. The summed E-state index contributed by atoms with van der Waals surface area (Å²) in [5.41, 5.74) is 1.05. The minimum Gasteiger partial charge on any atom is -0.497 e. The lowest BCUT2D eigenvalue weighted by atomic mass is 10.2. The van der Waals surface area contributed by atoms with Gasteiger partial charge in [0.1, 0.15) is 11.5 Å². The fourth-order valence-corrected chi connectivity index (χ4v) is 3.55. The van der Waals surface area contributed by atoms with Crippen molar-refractivity contribution in [3.8, 4) is 22.3 Å². The summed E-state index contributed by atoms with van der Waals surface area (Å²) in [6.07, 6.45) is 0. The first-order valence-electron chi connectivity index (χ1n) is 6.62. The molecule has 2 heterocycles. The molecular formula is C15H13ClN2O3S2. The van der Waals surface area contributed by atoms with Gasteiger partial charge >= 0.3 is 0 Å². The molecule has 120 valence electrons. The minimum atomic E-state index is 0.479. The molecule has 1 aromatic carbocycles. The highest BCUT2D eigenvalue weighted by atomic mass is 35.5. The molecule has 3 rings (SSSR count). The van der Waals surface area contributed by atoms with Gasteiger partial charge in [0, 0.05) is 11.8 Å². The summed E-state index contributed by atoms with van der Waals surface area (Å²) in [7, 11) is 3.25. The van der Waals surface area contributed by atoms with Gasteiger partial charge in [-0.2, -0.15) is 0 Å². The Labute approximate surface area is 146 Å². The van der Waals surface area contributed by atoms with Gasteiger partial charge in [-0.1, -0.05) is 23.4 Å². The molecule has 0 aliphatic carbocycles. The Morgan fingerprint density at radius 1 is 1.13 bits per heavy atom. The molecule has 0 saturated carbocycles. The van der Waals surface area contributed by atoms with Crippen LogP contribution in [0.3, 0.4) is 0 Å². The Morgan fingerprint density at radius 3 is 2.48 bits per heavy atom. The van der Waals surface area contributed by atoms with E-state index in [0.717, 1.165) is 21.9 Å². The van der Waals surface area contributed by atoms with Crippen LogP contribution in [-0.4, -0.2) is 24.4 Å². The van der Waals surface area contributed by atoms with Crippen LogP contribution in [-0.2, 0) is 5.75 Å². The average Bonchev–Trinajstić information content (AvgIpc) is 3.21. The highest BCUT2D eigenvalue weighted by Crippen LogP contribution is 2.33. The molecule has 0 aliphatic rings. The second kappa shape index (κ2) is 7.25. The van der Waals surface area contributed by atoms with Crippen LogP contribution >= 0.6 is 34.7 Å². The first-order chi connectivity index (χ1) is 11.2. The normalized spacial score (nSPS) is 10.7. The second-order valence-electron chi connectivity index (χ2n) is 4.49. The van der Waals surface area contributed by atoms with Crippen LogP contribution in [0.1, 0.15) is 5.56 Å². The number of ether oxygens (including phenoxy) is 2. The summed E-state index contributed by atoms with van der Waals surface area (Å²) in [5, 5.41) is 8.60. The van der Waals surface area contributed by atoms with Crippen molar-refractivity contribution in [1.82, 2.24) is 10.2 Å². The number of benzene rings is 1. The van der Waals surface area contributed by atoms with Crippen molar-refractivity contribution in [1.29, 1.82) is 0 Å². The molecule has 3 aromatic rings. The number of thioether (sulfide) groups is 1. The molecular weight excluding hydrogens is 356 g/mol. The average molecular weight is 369 g/mol. The van der Waals surface area contributed by atoms with Gasteiger partial charge in [-0.25, -0.2) is 0 Å². The lowest BCUT2D eigenvalue weighted by Crippen LogP contribution is -1.90. The highest BCUT2D eigenvalue weighted by molar-refractivity contribution is 7.98. The Balaban J connectivity index is 1.70. The fourth-order valence-electron chi connectivity index (χ4n) is 1.89. The number of nitrogens with zero attached hydrogens (tertiary/aromatic N) is 2. The van der Waals surface area contributed by atoms with E-state index >= 15 is 0 Å². The predicted octanol–water partition coefficient (Wildman–Crippen LogP) is 4.76. The van der Waals surface area contributed by atoms with Gasteiger partial charge in [0.2, 0.25) is 0 Å². The molecule has 0 bridgehead atoms. The molecule has 8 heteroatoms. The monoisotopic (exact) mass is 368 g/mol. The Morgan fingerprint density at radius 2 is 1.87 bits per heavy atom. The number of methoxy groups -OCH3 is 2. The van der Waals surface area contributed by atoms with Crippen molar-refractivity contribution in [2.24, 2.45) is 0 Å². The van der Waals surface area contributed by atoms with Gasteiger partial charge in [0.05, 0.1) is 23.4 Å². The first-order valence-corrected chi connectivity index (χ1v) is 8.80. The summed E-state index contributed by atoms with van der Waals surface area (Å²) in [5.74, 6) is 2.65. The fraction of sp³-hybridized carbons (Fsp3) is 0.200. The second-order valence-corrected chi connectivity index (χ2v) is 7.13. The highest BCUT2D eigenvalue weighted by Gasteiger charge is 2.12. The third kappa shape index (κ3) is 3.99. The SMILES string of the molecule is COc1cc(CSc2nnc(-c3ccc(Cl)s3)o2)cc(OC)c1. The zero-order valence-corrected chi connectivity index (χ0v) is 14.8. The van der Waals surface area contributed by atoms with Gasteiger partial charge in [0.15, 0.2) is 0 Å². The third-order valence-corrected chi connectivity index (χ3v) is 5.07. The van der Waals surface area contributed by atoms with Crippen LogP contribution in [0.25, 0.3) is 10.8 Å². The van der Waals surface area contributed by atoms with E-state index in [4.69, 9.17) is 25.5 Å².